The molecule has 2 aliphatic rings. The summed E-state index contributed by atoms with van der Waals surface area (Å²) in [6, 6.07) is 3.48. The molecule has 4 N–H and O–H groups in total. The number of benzene rings is 2. The quantitative estimate of drug-likeness (QED) is 0.148. The molecular weight excluding hydrogens is 1010 g/mol. The normalized spacial score (nSPS) is 24.3. The SMILES string of the molecule is CC1NC(=O)C(NC(=O)c2cnc3ccccc3n2)COC(=O)C(C(C)C(C)C)N(C)C(=O)C2CSSCC(C(=O)N(C)CC(=O)OCC(NC(=O)c3cnc4ccccc4n3)C(=O)NC(C)C(=O)N2C)N(C)C1=O. The van der Waals surface area contributed by atoms with Crippen LogP contribution in [0.25, 0.3) is 22.1 Å². The Morgan fingerprint density at radius 1 is 0.613 bits per heavy atom. The number of amides is 8. The van der Waals surface area contributed by atoms with Gasteiger partial charge in [0, 0.05) is 39.7 Å². The number of nitrogens with zero attached hydrogens (tertiary/aromatic N) is 8. The summed E-state index contributed by atoms with van der Waals surface area (Å²) in [4.78, 5) is 163. The maximum Gasteiger partial charge on any atom is 0.329 e. The van der Waals surface area contributed by atoms with E-state index in [9.17, 15) is 47.9 Å². The van der Waals surface area contributed by atoms with Crippen LogP contribution in [-0.2, 0) is 47.8 Å². The van der Waals surface area contributed by atoms with Gasteiger partial charge in [0.1, 0.15) is 73.4 Å². The van der Waals surface area contributed by atoms with Crippen molar-refractivity contribution in [1.82, 2.24) is 60.8 Å². The first-order valence-electron chi connectivity index (χ1n) is 23.9. The van der Waals surface area contributed by atoms with Crippen LogP contribution in [0.15, 0.2) is 60.9 Å². The summed E-state index contributed by atoms with van der Waals surface area (Å²) in [6.07, 6.45) is 2.40. The number of cyclic esters (lactones) is 2. The summed E-state index contributed by atoms with van der Waals surface area (Å²) in [5.74, 6) is -9.86. The van der Waals surface area contributed by atoms with Crippen molar-refractivity contribution < 1.29 is 57.4 Å². The molecule has 2 bridgehead atoms. The molecule has 400 valence electrons. The minimum absolute atomic E-state index is 0.150. The van der Waals surface area contributed by atoms with Crippen LogP contribution >= 0.6 is 21.6 Å². The van der Waals surface area contributed by atoms with Crippen LogP contribution < -0.4 is 21.3 Å². The number of carbonyl (C=O) groups excluding carboxylic acids is 10. The highest BCUT2D eigenvalue weighted by molar-refractivity contribution is 8.76. The van der Waals surface area contributed by atoms with E-state index in [0.29, 0.717) is 22.1 Å². The van der Waals surface area contributed by atoms with Crippen molar-refractivity contribution in [3.8, 4) is 0 Å². The van der Waals surface area contributed by atoms with Gasteiger partial charge in [0.15, 0.2) is 0 Å². The lowest BCUT2D eigenvalue weighted by Crippen LogP contribution is -2.60. The average Bonchev–Trinajstić information content (AvgIpc) is 3.39. The number of carbonyl (C=O) groups is 10. The number of hydrogen-bond acceptors (Lipinski definition) is 18. The molecule has 26 heteroatoms. The van der Waals surface area contributed by atoms with Crippen LogP contribution in [0.5, 0.6) is 0 Å². The molecule has 4 heterocycles. The lowest BCUT2D eigenvalue weighted by Gasteiger charge is -2.38. The first kappa shape index (κ1) is 56.8. The van der Waals surface area contributed by atoms with E-state index < -0.39 is 127 Å². The number of likely N-dealkylation sites (N-methyl/N-ethyl adjacent to an activating group) is 4. The van der Waals surface area contributed by atoms with Gasteiger partial charge in [-0.05, 0) is 49.9 Å². The van der Waals surface area contributed by atoms with Crippen molar-refractivity contribution in [2.45, 2.75) is 76.9 Å². The summed E-state index contributed by atoms with van der Waals surface area (Å²) < 4.78 is 11.3. The highest BCUT2D eigenvalue weighted by Crippen LogP contribution is 2.29. The van der Waals surface area contributed by atoms with E-state index in [-0.39, 0.29) is 28.8 Å². The maximum absolute atomic E-state index is 14.9. The summed E-state index contributed by atoms with van der Waals surface area (Å²) in [5.41, 5.74) is 1.39. The van der Waals surface area contributed by atoms with E-state index in [1.807, 2.05) is 13.8 Å². The summed E-state index contributed by atoms with van der Waals surface area (Å²) >= 11 is 0. The van der Waals surface area contributed by atoms with Gasteiger partial charge < -0.3 is 50.3 Å². The molecule has 0 aliphatic carbocycles. The van der Waals surface area contributed by atoms with Crippen LogP contribution in [0, 0.1) is 11.8 Å². The molecule has 2 aromatic carbocycles. The molecular formula is C49H60N12O12S2. The molecule has 4 aromatic rings. The van der Waals surface area contributed by atoms with E-state index in [2.05, 4.69) is 41.2 Å². The van der Waals surface area contributed by atoms with E-state index >= 15 is 0 Å². The molecule has 8 unspecified atom stereocenters. The number of hydrogen-bond donors (Lipinski definition) is 4. The molecule has 2 aliphatic heterocycles. The Morgan fingerprint density at radius 3 is 1.49 bits per heavy atom. The molecule has 0 radical (unpaired) electrons. The maximum atomic E-state index is 14.9. The summed E-state index contributed by atoms with van der Waals surface area (Å²) in [5, 5.41) is 10.1. The zero-order valence-corrected chi connectivity index (χ0v) is 44.4. The van der Waals surface area contributed by atoms with Crippen molar-refractivity contribution in [2.24, 2.45) is 11.8 Å². The summed E-state index contributed by atoms with van der Waals surface area (Å²) in [6.45, 7) is 5.79. The summed E-state index contributed by atoms with van der Waals surface area (Å²) in [7, 11) is 7.43. The van der Waals surface area contributed by atoms with Gasteiger partial charge in [-0.2, -0.15) is 0 Å². The van der Waals surface area contributed by atoms with Crippen LogP contribution in [0.1, 0.15) is 55.6 Å². The van der Waals surface area contributed by atoms with Gasteiger partial charge in [-0.1, -0.05) is 66.6 Å². The molecule has 24 nitrogen and oxygen atoms in total. The van der Waals surface area contributed by atoms with E-state index in [4.69, 9.17) is 9.47 Å². The van der Waals surface area contributed by atoms with Gasteiger partial charge in [-0.15, -0.1) is 0 Å². The fourth-order valence-corrected chi connectivity index (χ4v) is 10.5. The molecule has 8 atom stereocenters. The molecule has 2 aromatic heterocycles. The molecule has 75 heavy (non-hydrogen) atoms. The largest absolute Gasteiger partial charge is 0.462 e. The van der Waals surface area contributed by atoms with Gasteiger partial charge in [0.05, 0.1) is 34.5 Å². The van der Waals surface area contributed by atoms with Gasteiger partial charge >= 0.3 is 11.9 Å². The number of nitrogens with one attached hydrogen (secondary N) is 4. The Kier molecular flexibility index (Phi) is 19.1. The molecule has 0 saturated carbocycles. The number of para-hydroxylation sites is 4. The van der Waals surface area contributed by atoms with E-state index in [1.54, 1.807) is 55.5 Å². The number of rotatable bonds is 6. The average molecular weight is 1070 g/mol. The topological polar surface area (TPSA) is 302 Å². The van der Waals surface area contributed by atoms with Crippen molar-refractivity contribution in [2.75, 3.05) is 59.5 Å². The smallest absolute Gasteiger partial charge is 0.329 e. The lowest BCUT2D eigenvalue weighted by molar-refractivity contribution is -0.160. The second-order valence-corrected chi connectivity index (χ2v) is 21.1. The number of esters is 2. The first-order valence-corrected chi connectivity index (χ1v) is 26.3. The Labute approximate surface area is 439 Å². The lowest BCUT2D eigenvalue weighted by atomic mass is 9.89. The standard InChI is InChI=1S/C49H60N12O12S2/c1-25(2)26(3)40-49(71)73-22-36(57-42(64)34-19-51-30-15-11-13-17-32(30)55-34)44(66)53-27(4)45(67)59(7)37-23-74-75-24-38(48(70)61(40)9)60(8)46(68)28(5)52-43(65)35(21-72-39(62)20-58(6)47(37)69)56-41(63)33-18-50-29-14-10-12-16-31(29)54-33/h10-19,25-28,35-38,40H,20-24H2,1-9H3,(H,52,65)(H,53,66)(H,56,63)(H,57,64). The Hall–Kier alpha value is -7.48. The second-order valence-electron chi connectivity index (χ2n) is 18.5. The highest BCUT2D eigenvalue weighted by Gasteiger charge is 2.42. The van der Waals surface area contributed by atoms with Crippen LogP contribution in [-0.4, -0.2) is 200 Å². The second kappa shape index (κ2) is 25.2. The van der Waals surface area contributed by atoms with E-state index in [1.165, 1.54) is 54.4 Å². The predicted molar refractivity (Wildman–Crippen MR) is 275 cm³/mol. The molecule has 2 fully saturated rings. The van der Waals surface area contributed by atoms with Gasteiger partial charge in [0.2, 0.25) is 35.4 Å². The fraction of sp³-hybridized carbons (Fsp3) is 0.469. The highest BCUT2D eigenvalue weighted by atomic mass is 33.1. The Morgan fingerprint density at radius 2 is 1.04 bits per heavy atom. The molecule has 2 saturated heterocycles. The van der Waals surface area contributed by atoms with Crippen molar-refractivity contribution in [1.29, 1.82) is 0 Å². The van der Waals surface area contributed by atoms with Crippen LogP contribution in [0.4, 0.5) is 0 Å². The number of aromatic nitrogens is 4. The zero-order chi connectivity index (χ0) is 54.8. The van der Waals surface area contributed by atoms with Gasteiger partial charge in [-0.3, -0.25) is 53.1 Å². The van der Waals surface area contributed by atoms with Crippen molar-refractivity contribution in [3.05, 3.63) is 72.3 Å². The van der Waals surface area contributed by atoms with E-state index in [0.717, 1.165) is 41.2 Å². The minimum Gasteiger partial charge on any atom is -0.462 e. The third-order valence-corrected chi connectivity index (χ3v) is 15.3. The van der Waals surface area contributed by atoms with Crippen LogP contribution in [0.3, 0.4) is 0 Å². The molecule has 0 spiro atoms. The third-order valence-electron chi connectivity index (χ3n) is 12.9. The molecule has 6 rings (SSSR count). The third kappa shape index (κ3) is 13.8. The van der Waals surface area contributed by atoms with Crippen LogP contribution in [0.2, 0.25) is 0 Å². The molecule has 8 amide bonds. The van der Waals surface area contributed by atoms with Crippen molar-refractivity contribution >= 4 is 103 Å². The van der Waals surface area contributed by atoms with Gasteiger partial charge in [0.25, 0.3) is 11.8 Å². The monoisotopic (exact) mass is 1070 g/mol. The Balaban J connectivity index is 1.37. The van der Waals surface area contributed by atoms with Crippen molar-refractivity contribution in [3.63, 3.8) is 0 Å². The predicted octanol–water partition coefficient (Wildman–Crippen LogP) is 0.206. The number of fused-ring (bicyclic) bond motifs is 7. The first-order chi connectivity index (χ1) is 35.6. The zero-order valence-electron chi connectivity index (χ0n) is 42.8. The fourth-order valence-electron chi connectivity index (χ4n) is 8.02. The minimum atomic E-state index is -1.65. The van der Waals surface area contributed by atoms with Gasteiger partial charge in [-0.25, -0.2) is 14.8 Å². The number of ether oxygens (including phenoxy) is 2. The Bertz CT molecular complexity index is 2860.